The van der Waals surface area contributed by atoms with E-state index >= 15 is 0 Å². The molecule has 0 bridgehead atoms. The minimum absolute atomic E-state index is 0.143. The Morgan fingerprint density at radius 3 is 2.73 bits per heavy atom. The molecule has 2 aliphatic rings. The van der Waals surface area contributed by atoms with E-state index in [-0.39, 0.29) is 24.1 Å². The van der Waals surface area contributed by atoms with Crippen LogP contribution in [0.3, 0.4) is 0 Å². The van der Waals surface area contributed by atoms with E-state index in [0.29, 0.717) is 43.1 Å². The van der Waals surface area contributed by atoms with E-state index in [0.717, 1.165) is 5.56 Å². The molecule has 3 heterocycles. The molecule has 0 aliphatic carbocycles. The maximum absolute atomic E-state index is 13.2. The first-order valence-corrected chi connectivity index (χ1v) is 11.9. The molecule has 12 heteroatoms. The summed E-state index contributed by atoms with van der Waals surface area (Å²) in [6.07, 6.45) is 2.68. The predicted octanol–water partition coefficient (Wildman–Crippen LogP) is 1.11. The average molecular weight is 471 g/mol. The normalized spacial score (nSPS) is 18.2. The number of carbonyl (C=O) groups excluding carboxylic acids is 1. The molecule has 1 N–H and O–H groups in total. The molecular formula is C21H22N6O5S. The number of carbonyl (C=O) groups is 1. The van der Waals surface area contributed by atoms with Gasteiger partial charge in [-0.15, -0.1) is 5.10 Å². The molecular weight excluding hydrogens is 448 g/mol. The number of ether oxygens (including phenoxy) is 2. The van der Waals surface area contributed by atoms with Crippen molar-refractivity contribution in [3.05, 3.63) is 54.4 Å². The van der Waals surface area contributed by atoms with Crippen LogP contribution in [0.4, 0.5) is 0 Å². The van der Waals surface area contributed by atoms with Crippen molar-refractivity contribution in [3.63, 3.8) is 0 Å². The lowest BCUT2D eigenvalue weighted by atomic mass is 9.98. The standard InChI is InChI=1S/C21H22N6O5S/c28-21(22-11-15-3-8-19-20(10-15)32-14-31-19)16-2-1-9-26(12-16)33(29,30)18-6-4-17(5-7-18)27-13-23-24-25-27/h3-8,10,13,16H,1-2,9,11-12,14H2,(H,22,28)/t16-/m1/s1. The molecule has 11 nitrogen and oxygen atoms in total. The van der Waals surface area contributed by atoms with Crippen LogP contribution in [0.15, 0.2) is 53.7 Å². The van der Waals surface area contributed by atoms with Crippen LogP contribution < -0.4 is 14.8 Å². The van der Waals surface area contributed by atoms with Crippen molar-refractivity contribution in [2.45, 2.75) is 24.3 Å². The SMILES string of the molecule is O=C(NCc1ccc2c(c1)OCO2)[C@@H]1CCCN(S(=O)(=O)c2ccc(-n3cnnn3)cc2)C1. The lowest BCUT2D eigenvalue weighted by Gasteiger charge is -2.31. The summed E-state index contributed by atoms with van der Waals surface area (Å²) in [5.74, 6) is 0.761. The number of rotatable bonds is 6. The maximum atomic E-state index is 13.2. The van der Waals surface area contributed by atoms with Crippen LogP contribution in [-0.2, 0) is 21.4 Å². The Kier molecular flexibility index (Phi) is 5.68. The second kappa shape index (κ2) is 8.79. The first-order valence-electron chi connectivity index (χ1n) is 10.5. The summed E-state index contributed by atoms with van der Waals surface area (Å²) in [6, 6.07) is 11.8. The monoisotopic (exact) mass is 470 g/mol. The number of tetrazole rings is 1. The number of benzene rings is 2. The van der Waals surface area contributed by atoms with Gasteiger partial charge in [0.1, 0.15) is 6.33 Å². The van der Waals surface area contributed by atoms with E-state index < -0.39 is 15.9 Å². The zero-order valence-corrected chi connectivity index (χ0v) is 18.4. The third kappa shape index (κ3) is 4.39. The number of hydrogen-bond donors (Lipinski definition) is 1. The Bertz CT molecular complexity index is 1250. The highest BCUT2D eigenvalue weighted by molar-refractivity contribution is 7.89. The summed E-state index contributed by atoms with van der Waals surface area (Å²) in [5.41, 5.74) is 1.54. The van der Waals surface area contributed by atoms with Gasteiger partial charge in [-0.2, -0.15) is 4.31 Å². The van der Waals surface area contributed by atoms with Crippen molar-refractivity contribution >= 4 is 15.9 Å². The third-order valence-electron chi connectivity index (χ3n) is 5.75. The molecule has 0 saturated carbocycles. The largest absolute Gasteiger partial charge is 0.454 e. The van der Waals surface area contributed by atoms with E-state index in [4.69, 9.17) is 9.47 Å². The Hall–Kier alpha value is -3.51. The van der Waals surface area contributed by atoms with Crippen molar-refractivity contribution in [1.82, 2.24) is 29.8 Å². The summed E-state index contributed by atoms with van der Waals surface area (Å²) in [6.45, 7) is 1.04. The summed E-state index contributed by atoms with van der Waals surface area (Å²) in [4.78, 5) is 12.9. The molecule has 1 amide bonds. The fraction of sp³-hybridized carbons (Fsp3) is 0.333. The minimum Gasteiger partial charge on any atom is -0.454 e. The van der Waals surface area contributed by atoms with Gasteiger partial charge in [0.25, 0.3) is 0 Å². The van der Waals surface area contributed by atoms with Crippen LogP contribution in [0.1, 0.15) is 18.4 Å². The summed E-state index contributed by atoms with van der Waals surface area (Å²) in [5, 5.41) is 13.9. The molecule has 0 unspecified atom stereocenters. The van der Waals surface area contributed by atoms with Crippen LogP contribution in [0.25, 0.3) is 5.69 Å². The lowest BCUT2D eigenvalue weighted by Crippen LogP contribution is -2.45. The molecule has 1 saturated heterocycles. The van der Waals surface area contributed by atoms with Gasteiger partial charge in [0, 0.05) is 19.6 Å². The molecule has 3 aromatic rings. The van der Waals surface area contributed by atoms with Gasteiger partial charge in [-0.3, -0.25) is 4.79 Å². The predicted molar refractivity (Wildman–Crippen MR) is 115 cm³/mol. The molecule has 33 heavy (non-hydrogen) atoms. The number of nitrogens with zero attached hydrogens (tertiary/aromatic N) is 5. The third-order valence-corrected chi connectivity index (χ3v) is 7.63. The molecule has 172 valence electrons. The van der Waals surface area contributed by atoms with Crippen LogP contribution >= 0.6 is 0 Å². The van der Waals surface area contributed by atoms with Crippen molar-refractivity contribution in [2.24, 2.45) is 5.92 Å². The Morgan fingerprint density at radius 2 is 1.94 bits per heavy atom. The first kappa shape index (κ1) is 21.3. The molecule has 0 radical (unpaired) electrons. The summed E-state index contributed by atoms with van der Waals surface area (Å²) in [7, 11) is -3.73. The molecule has 5 rings (SSSR count). The number of piperidine rings is 1. The highest BCUT2D eigenvalue weighted by atomic mass is 32.2. The minimum atomic E-state index is -3.73. The molecule has 0 spiro atoms. The van der Waals surface area contributed by atoms with Crippen LogP contribution in [0, 0.1) is 5.92 Å². The van der Waals surface area contributed by atoms with Gasteiger partial charge in [0.05, 0.1) is 16.5 Å². The lowest BCUT2D eigenvalue weighted by molar-refractivity contribution is -0.126. The van der Waals surface area contributed by atoms with E-state index in [9.17, 15) is 13.2 Å². The Labute approximate surface area is 190 Å². The second-order valence-corrected chi connectivity index (χ2v) is 9.79. The van der Waals surface area contributed by atoms with Crippen molar-refractivity contribution in [2.75, 3.05) is 19.9 Å². The number of fused-ring (bicyclic) bond motifs is 1. The number of aromatic nitrogens is 4. The zero-order valence-electron chi connectivity index (χ0n) is 17.6. The van der Waals surface area contributed by atoms with Gasteiger partial charge in [-0.05, 0) is 65.2 Å². The molecule has 2 aromatic carbocycles. The smallest absolute Gasteiger partial charge is 0.243 e. The maximum Gasteiger partial charge on any atom is 0.243 e. The Morgan fingerprint density at radius 1 is 1.12 bits per heavy atom. The van der Waals surface area contributed by atoms with Crippen molar-refractivity contribution < 1.29 is 22.7 Å². The summed E-state index contributed by atoms with van der Waals surface area (Å²) >= 11 is 0. The molecule has 1 fully saturated rings. The number of hydrogen-bond acceptors (Lipinski definition) is 8. The fourth-order valence-corrected chi connectivity index (χ4v) is 5.48. The van der Waals surface area contributed by atoms with Gasteiger partial charge in [-0.25, -0.2) is 13.1 Å². The van der Waals surface area contributed by atoms with E-state index in [1.54, 1.807) is 12.1 Å². The van der Waals surface area contributed by atoms with Gasteiger partial charge in [0.2, 0.25) is 22.7 Å². The van der Waals surface area contributed by atoms with E-state index in [1.807, 2.05) is 18.2 Å². The molecule has 1 atom stereocenters. The van der Waals surface area contributed by atoms with Gasteiger partial charge in [-0.1, -0.05) is 6.07 Å². The number of amides is 1. The van der Waals surface area contributed by atoms with Gasteiger partial charge < -0.3 is 14.8 Å². The zero-order chi connectivity index (χ0) is 22.8. The first-order chi connectivity index (χ1) is 16.0. The van der Waals surface area contributed by atoms with E-state index in [2.05, 4.69) is 20.8 Å². The number of nitrogens with one attached hydrogen (secondary N) is 1. The molecule has 2 aliphatic heterocycles. The topological polar surface area (TPSA) is 129 Å². The van der Waals surface area contributed by atoms with Crippen molar-refractivity contribution in [1.29, 1.82) is 0 Å². The Balaban J connectivity index is 1.22. The van der Waals surface area contributed by atoms with Crippen LogP contribution in [0.2, 0.25) is 0 Å². The quantitative estimate of drug-likeness (QED) is 0.567. The van der Waals surface area contributed by atoms with Gasteiger partial charge >= 0.3 is 0 Å². The van der Waals surface area contributed by atoms with E-state index in [1.165, 1.54) is 27.4 Å². The van der Waals surface area contributed by atoms with Gasteiger partial charge in [0.15, 0.2) is 11.5 Å². The van der Waals surface area contributed by atoms with Crippen LogP contribution in [0.5, 0.6) is 11.5 Å². The van der Waals surface area contributed by atoms with Crippen molar-refractivity contribution in [3.8, 4) is 17.2 Å². The molecule has 1 aromatic heterocycles. The second-order valence-electron chi connectivity index (χ2n) is 7.86. The summed E-state index contributed by atoms with van der Waals surface area (Å²) < 4.78 is 39.8. The number of sulfonamides is 1. The van der Waals surface area contributed by atoms with Crippen LogP contribution in [-0.4, -0.2) is 58.7 Å². The fourth-order valence-electron chi connectivity index (χ4n) is 3.96. The highest BCUT2D eigenvalue weighted by Gasteiger charge is 2.33. The highest BCUT2D eigenvalue weighted by Crippen LogP contribution is 2.32. The average Bonchev–Trinajstić information content (AvgIpc) is 3.55.